The molecule has 17 heavy (non-hydrogen) atoms. The zero-order valence-electron chi connectivity index (χ0n) is 9.51. The van der Waals surface area contributed by atoms with Crippen molar-refractivity contribution in [2.45, 2.75) is 13.0 Å². The second-order valence-electron chi connectivity index (χ2n) is 3.50. The van der Waals surface area contributed by atoms with E-state index in [1.54, 1.807) is 31.2 Å². The van der Waals surface area contributed by atoms with Gasteiger partial charge in [-0.15, -0.1) is 0 Å². The van der Waals surface area contributed by atoms with E-state index in [1.807, 2.05) is 6.07 Å². The second-order valence-corrected chi connectivity index (χ2v) is 3.50. The van der Waals surface area contributed by atoms with Crippen molar-refractivity contribution >= 4 is 5.97 Å². The Labute approximate surface area is 99.6 Å². The van der Waals surface area contributed by atoms with E-state index in [9.17, 15) is 4.79 Å². The van der Waals surface area contributed by atoms with Crippen molar-refractivity contribution in [2.24, 2.45) is 0 Å². The number of carboxylic acids is 1. The summed E-state index contributed by atoms with van der Waals surface area (Å²) >= 11 is 0. The van der Waals surface area contributed by atoms with Crippen LogP contribution in [0.3, 0.4) is 0 Å². The van der Waals surface area contributed by atoms with Gasteiger partial charge in [0, 0.05) is 6.54 Å². The highest BCUT2D eigenvalue weighted by molar-refractivity contribution is 5.72. The zero-order valence-corrected chi connectivity index (χ0v) is 9.51. The van der Waals surface area contributed by atoms with E-state index in [2.05, 4.69) is 5.32 Å². The minimum Gasteiger partial charge on any atom is -0.492 e. The summed E-state index contributed by atoms with van der Waals surface area (Å²) in [4.78, 5) is 10.5. The summed E-state index contributed by atoms with van der Waals surface area (Å²) in [5.74, 6) is -0.225. The predicted octanol–water partition coefficient (Wildman–Crippen LogP) is 1.000. The summed E-state index contributed by atoms with van der Waals surface area (Å²) in [6.45, 7) is 2.40. The van der Waals surface area contributed by atoms with E-state index in [0.717, 1.165) is 0 Å². The van der Waals surface area contributed by atoms with Gasteiger partial charge in [0.15, 0.2) is 0 Å². The summed E-state index contributed by atoms with van der Waals surface area (Å²) in [7, 11) is 0. The molecule has 0 aliphatic heterocycles. The highest BCUT2D eigenvalue weighted by atomic mass is 16.5. The Morgan fingerprint density at radius 1 is 1.53 bits per heavy atom. The van der Waals surface area contributed by atoms with Gasteiger partial charge in [-0.25, -0.2) is 0 Å². The summed E-state index contributed by atoms with van der Waals surface area (Å²) in [6.07, 6.45) is 0. The number of benzene rings is 1. The number of rotatable bonds is 6. The number of nitrogens with zero attached hydrogens (tertiary/aromatic N) is 1. The summed E-state index contributed by atoms with van der Waals surface area (Å²) in [5, 5.41) is 20.0. The molecule has 1 aromatic carbocycles. The maximum absolute atomic E-state index is 10.5. The highest BCUT2D eigenvalue weighted by Gasteiger charge is 2.08. The van der Waals surface area contributed by atoms with E-state index < -0.39 is 12.0 Å². The normalized spacial score (nSPS) is 11.5. The third-order valence-corrected chi connectivity index (χ3v) is 2.18. The lowest BCUT2D eigenvalue weighted by Gasteiger charge is -2.10. The van der Waals surface area contributed by atoms with Crippen LogP contribution < -0.4 is 10.1 Å². The lowest BCUT2D eigenvalue weighted by molar-refractivity contribution is -0.139. The third-order valence-electron chi connectivity index (χ3n) is 2.18. The van der Waals surface area contributed by atoms with Crippen LogP contribution in [0.2, 0.25) is 0 Å². The van der Waals surface area contributed by atoms with Gasteiger partial charge in [0.2, 0.25) is 0 Å². The Morgan fingerprint density at radius 2 is 2.18 bits per heavy atom. The lowest BCUT2D eigenvalue weighted by Crippen LogP contribution is -2.36. The van der Waals surface area contributed by atoms with Crippen LogP contribution in [0.1, 0.15) is 12.5 Å². The van der Waals surface area contributed by atoms with Gasteiger partial charge in [-0.05, 0) is 31.2 Å². The van der Waals surface area contributed by atoms with Crippen LogP contribution in [0, 0.1) is 11.3 Å². The molecule has 0 aromatic heterocycles. The van der Waals surface area contributed by atoms with Crippen LogP contribution in [0.4, 0.5) is 0 Å². The molecule has 1 atom stereocenters. The smallest absolute Gasteiger partial charge is 0.320 e. The molecular formula is C12H14N2O3. The molecule has 0 spiro atoms. The molecule has 0 aliphatic carbocycles. The van der Waals surface area contributed by atoms with Crippen molar-refractivity contribution in [3.8, 4) is 11.8 Å². The maximum atomic E-state index is 10.5. The van der Waals surface area contributed by atoms with Gasteiger partial charge in [-0.3, -0.25) is 4.79 Å². The molecule has 0 fully saturated rings. The van der Waals surface area contributed by atoms with Crippen LogP contribution in [-0.2, 0) is 4.79 Å². The first-order valence-corrected chi connectivity index (χ1v) is 5.22. The minimum atomic E-state index is -0.886. The Balaban J connectivity index is 2.27. The number of ether oxygens (including phenoxy) is 1. The van der Waals surface area contributed by atoms with E-state index in [1.165, 1.54) is 0 Å². The minimum absolute atomic E-state index is 0.378. The molecule has 0 amide bonds. The van der Waals surface area contributed by atoms with Crippen LogP contribution in [0.15, 0.2) is 24.3 Å². The van der Waals surface area contributed by atoms with Crippen LogP contribution in [-0.4, -0.2) is 30.3 Å². The third kappa shape index (κ3) is 4.53. The summed E-state index contributed by atoms with van der Waals surface area (Å²) in [5.41, 5.74) is 0.579. The molecule has 1 aromatic rings. The molecule has 0 aliphatic rings. The average molecular weight is 234 g/mol. The molecule has 0 radical (unpaired) electrons. The van der Waals surface area contributed by atoms with Crippen molar-refractivity contribution < 1.29 is 14.6 Å². The van der Waals surface area contributed by atoms with E-state index in [4.69, 9.17) is 15.1 Å². The molecular weight excluding hydrogens is 220 g/mol. The Morgan fingerprint density at radius 3 is 2.71 bits per heavy atom. The summed E-state index contributed by atoms with van der Waals surface area (Å²) < 4.78 is 5.37. The number of carbonyl (C=O) groups is 1. The standard InChI is InChI=1S/C12H14N2O3/c1-9(12(15)16)14-6-7-17-11-4-2-10(8-13)3-5-11/h2-5,9,14H,6-7H2,1H3,(H,15,16)/t9-/m0/s1. The summed E-state index contributed by atoms with van der Waals surface area (Å²) in [6, 6.07) is 8.19. The predicted molar refractivity (Wildman–Crippen MR) is 61.8 cm³/mol. The van der Waals surface area contributed by atoms with E-state index in [0.29, 0.717) is 24.5 Å². The molecule has 0 saturated heterocycles. The van der Waals surface area contributed by atoms with Gasteiger partial charge in [0.25, 0.3) is 0 Å². The molecule has 5 nitrogen and oxygen atoms in total. The molecule has 0 unspecified atom stereocenters. The second kappa shape index (κ2) is 6.51. The average Bonchev–Trinajstić information content (AvgIpc) is 2.35. The van der Waals surface area contributed by atoms with Gasteiger partial charge in [-0.1, -0.05) is 0 Å². The molecule has 0 bridgehead atoms. The molecule has 90 valence electrons. The van der Waals surface area contributed by atoms with Gasteiger partial charge >= 0.3 is 5.97 Å². The fourth-order valence-corrected chi connectivity index (χ4v) is 1.16. The Hall–Kier alpha value is -2.06. The van der Waals surface area contributed by atoms with Gasteiger partial charge in [-0.2, -0.15) is 5.26 Å². The Kier molecular flexibility index (Phi) is 4.98. The number of aliphatic carboxylic acids is 1. The van der Waals surface area contributed by atoms with Crippen LogP contribution >= 0.6 is 0 Å². The zero-order chi connectivity index (χ0) is 12.7. The van der Waals surface area contributed by atoms with E-state index >= 15 is 0 Å². The van der Waals surface area contributed by atoms with Gasteiger partial charge < -0.3 is 15.2 Å². The fourth-order valence-electron chi connectivity index (χ4n) is 1.16. The molecule has 0 heterocycles. The fraction of sp³-hybridized carbons (Fsp3) is 0.333. The first-order chi connectivity index (χ1) is 8.13. The monoisotopic (exact) mass is 234 g/mol. The van der Waals surface area contributed by atoms with Crippen LogP contribution in [0.25, 0.3) is 0 Å². The topological polar surface area (TPSA) is 82.3 Å². The first-order valence-electron chi connectivity index (χ1n) is 5.22. The van der Waals surface area contributed by atoms with E-state index in [-0.39, 0.29) is 0 Å². The van der Waals surface area contributed by atoms with Gasteiger partial charge in [0.1, 0.15) is 18.4 Å². The lowest BCUT2D eigenvalue weighted by atomic mass is 10.2. The van der Waals surface area contributed by atoms with Crippen molar-refractivity contribution in [3.63, 3.8) is 0 Å². The largest absolute Gasteiger partial charge is 0.492 e. The van der Waals surface area contributed by atoms with Gasteiger partial charge in [0.05, 0.1) is 11.6 Å². The van der Waals surface area contributed by atoms with Crippen molar-refractivity contribution in [1.82, 2.24) is 5.32 Å². The molecule has 1 rings (SSSR count). The SMILES string of the molecule is C[C@H](NCCOc1ccc(C#N)cc1)C(=O)O. The van der Waals surface area contributed by atoms with Crippen molar-refractivity contribution in [3.05, 3.63) is 29.8 Å². The first kappa shape index (κ1) is 13.0. The number of hydrogen-bond donors (Lipinski definition) is 2. The quantitative estimate of drug-likeness (QED) is 0.717. The number of nitrogens with one attached hydrogen (secondary N) is 1. The Bertz CT molecular complexity index is 409. The molecule has 5 heteroatoms. The molecule has 2 N–H and O–H groups in total. The maximum Gasteiger partial charge on any atom is 0.320 e. The van der Waals surface area contributed by atoms with Crippen molar-refractivity contribution in [1.29, 1.82) is 5.26 Å². The highest BCUT2D eigenvalue weighted by Crippen LogP contribution is 2.10. The van der Waals surface area contributed by atoms with Crippen LogP contribution in [0.5, 0.6) is 5.75 Å². The number of carboxylic acid groups (broad SMARTS) is 1. The molecule has 0 saturated carbocycles. The van der Waals surface area contributed by atoms with Crippen molar-refractivity contribution in [2.75, 3.05) is 13.2 Å². The number of hydrogen-bond acceptors (Lipinski definition) is 4. The number of nitriles is 1.